The van der Waals surface area contributed by atoms with Gasteiger partial charge in [-0.2, -0.15) is 0 Å². The van der Waals surface area contributed by atoms with Gasteiger partial charge in [0.2, 0.25) is 0 Å². The number of amides is 2. The highest BCUT2D eigenvalue weighted by molar-refractivity contribution is 6.11. The van der Waals surface area contributed by atoms with E-state index in [1.165, 1.54) is 24.3 Å². The largest absolute Gasteiger partial charge is 0.496 e. The molecule has 5 heterocycles. The summed E-state index contributed by atoms with van der Waals surface area (Å²) in [5.41, 5.74) is 8.22. The number of nitrogens with zero attached hydrogens (tertiary/aromatic N) is 5. The van der Waals surface area contributed by atoms with Crippen molar-refractivity contribution in [3.05, 3.63) is 65.1 Å². The summed E-state index contributed by atoms with van der Waals surface area (Å²) in [5, 5.41) is 0. The van der Waals surface area contributed by atoms with E-state index in [0.717, 1.165) is 6.42 Å². The van der Waals surface area contributed by atoms with Crippen LogP contribution in [0.2, 0.25) is 0 Å². The van der Waals surface area contributed by atoms with Gasteiger partial charge in [0, 0.05) is 49.5 Å². The van der Waals surface area contributed by atoms with Gasteiger partial charge in [-0.1, -0.05) is 6.07 Å². The van der Waals surface area contributed by atoms with Crippen molar-refractivity contribution in [3.63, 3.8) is 0 Å². The molecule has 1 unspecified atom stereocenters. The lowest BCUT2D eigenvalue weighted by Crippen LogP contribution is -2.41. The minimum atomic E-state index is -0.488. The molecule has 0 radical (unpaired) electrons. The van der Waals surface area contributed by atoms with Crippen LogP contribution in [0, 0.1) is 5.82 Å². The Labute approximate surface area is 225 Å². The molecule has 2 saturated heterocycles. The van der Waals surface area contributed by atoms with Crippen LogP contribution >= 0.6 is 0 Å². The number of benzene rings is 1. The normalized spacial score (nSPS) is 19.0. The first-order valence-corrected chi connectivity index (χ1v) is 13.0. The molecule has 3 aliphatic rings. The fourth-order valence-corrected chi connectivity index (χ4v) is 5.45. The zero-order chi connectivity index (χ0) is 27.1. The smallest absolute Gasteiger partial charge is 0.260 e. The second kappa shape index (κ2) is 10.2. The van der Waals surface area contributed by atoms with Crippen molar-refractivity contribution in [2.45, 2.75) is 19.0 Å². The van der Waals surface area contributed by atoms with Crippen molar-refractivity contribution in [1.29, 1.82) is 0 Å². The molecule has 1 aromatic carbocycles. The summed E-state index contributed by atoms with van der Waals surface area (Å²) in [7, 11) is 1.47. The van der Waals surface area contributed by atoms with Gasteiger partial charge >= 0.3 is 0 Å². The van der Waals surface area contributed by atoms with Gasteiger partial charge in [0.15, 0.2) is 0 Å². The number of carbonyl (C=O) groups excluding carboxylic acids is 2. The van der Waals surface area contributed by atoms with Crippen LogP contribution in [-0.2, 0) is 11.3 Å². The van der Waals surface area contributed by atoms with E-state index in [1.54, 1.807) is 35.2 Å². The third-order valence-electron chi connectivity index (χ3n) is 7.47. The molecule has 0 aliphatic carbocycles. The highest BCUT2D eigenvalue weighted by atomic mass is 19.1. The van der Waals surface area contributed by atoms with Crippen LogP contribution in [0.15, 0.2) is 42.6 Å². The summed E-state index contributed by atoms with van der Waals surface area (Å²) >= 11 is 0. The molecule has 0 bridgehead atoms. The molecular weight excluding hydrogens is 503 g/mol. The molecule has 2 fully saturated rings. The molecule has 10 nitrogen and oxygen atoms in total. The van der Waals surface area contributed by atoms with Crippen LogP contribution in [0.3, 0.4) is 0 Å². The topological polar surface area (TPSA) is 114 Å². The van der Waals surface area contributed by atoms with E-state index < -0.39 is 5.82 Å². The molecule has 11 heteroatoms. The Morgan fingerprint density at radius 3 is 2.72 bits per heavy atom. The second-order valence-corrected chi connectivity index (χ2v) is 9.83. The average Bonchev–Trinajstić information content (AvgIpc) is 3.55. The van der Waals surface area contributed by atoms with Crippen LogP contribution in [0.1, 0.15) is 32.7 Å². The Bertz CT molecular complexity index is 1440. The van der Waals surface area contributed by atoms with Crippen molar-refractivity contribution in [2.24, 2.45) is 5.73 Å². The Morgan fingerprint density at radius 1 is 1.15 bits per heavy atom. The lowest BCUT2D eigenvalue weighted by molar-refractivity contribution is 0.0303. The first-order valence-electron chi connectivity index (χ1n) is 13.0. The van der Waals surface area contributed by atoms with Crippen molar-refractivity contribution < 1.29 is 23.5 Å². The molecule has 202 valence electrons. The van der Waals surface area contributed by atoms with Gasteiger partial charge in [-0.15, -0.1) is 0 Å². The fraction of sp³-hybridized carbons (Fsp3) is 0.357. The number of methoxy groups -OCH3 is 1. The SMILES string of the molecule is COc1cccc(F)c1-c1nccc2c1CN(c1ccc(C(=O)N3CCOCC3)c(N3CCC(N)C3)n1)C2=O. The molecular formula is C28H29FN6O4. The van der Waals surface area contributed by atoms with E-state index >= 15 is 0 Å². The summed E-state index contributed by atoms with van der Waals surface area (Å²) < 4.78 is 25.7. The van der Waals surface area contributed by atoms with Crippen LogP contribution < -0.4 is 20.3 Å². The van der Waals surface area contributed by atoms with Crippen molar-refractivity contribution in [3.8, 4) is 17.0 Å². The number of rotatable bonds is 5. The fourth-order valence-electron chi connectivity index (χ4n) is 5.45. The number of carbonyl (C=O) groups is 2. The summed E-state index contributed by atoms with van der Waals surface area (Å²) in [5.74, 6) is 0.359. The lowest BCUT2D eigenvalue weighted by Gasteiger charge is -2.29. The standard InChI is InChI=1S/C28H29FN6O4/c1-38-22-4-2-3-21(29)24(22)25-20-16-35(28(37)18(20)7-9-31-25)23-6-5-19(27(36)33-11-13-39-14-12-33)26(32-23)34-10-8-17(30)15-34/h2-7,9,17H,8,10-16,30H2,1H3. The summed E-state index contributed by atoms with van der Waals surface area (Å²) in [4.78, 5) is 41.6. The summed E-state index contributed by atoms with van der Waals surface area (Å²) in [6, 6.07) is 9.59. The van der Waals surface area contributed by atoms with E-state index in [-0.39, 0.29) is 30.0 Å². The molecule has 2 aromatic heterocycles. The Hall–Kier alpha value is -4.09. The molecule has 2 amide bonds. The number of nitrogens with two attached hydrogens (primary N) is 1. The van der Waals surface area contributed by atoms with Crippen LogP contribution in [0.25, 0.3) is 11.3 Å². The second-order valence-electron chi connectivity index (χ2n) is 9.83. The van der Waals surface area contributed by atoms with Crippen LogP contribution in [0.4, 0.5) is 16.0 Å². The zero-order valence-electron chi connectivity index (χ0n) is 21.6. The molecule has 0 spiro atoms. The van der Waals surface area contributed by atoms with Gasteiger partial charge in [0.25, 0.3) is 11.8 Å². The Morgan fingerprint density at radius 2 is 1.97 bits per heavy atom. The average molecular weight is 533 g/mol. The van der Waals surface area contributed by atoms with Crippen molar-refractivity contribution in [1.82, 2.24) is 14.9 Å². The van der Waals surface area contributed by atoms with Crippen LogP contribution in [-0.4, -0.2) is 79.2 Å². The predicted octanol–water partition coefficient (Wildman–Crippen LogP) is 2.46. The maximum atomic E-state index is 14.9. The molecule has 3 aromatic rings. The zero-order valence-corrected chi connectivity index (χ0v) is 21.6. The number of fused-ring (bicyclic) bond motifs is 1. The number of aromatic nitrogens is 2. The van der Waals surface area contributed by atoms with Crippen LogP contribution in [0.5, 0.6) is 5.75 Å². The molecule has 0 saturated carbocycles. The maximum absolute atomic E-state index is 14.9. The van der Waals surface area contributed by atoms with Gasteiger partial charge in [-0.05, 0) is 36.8 Å². The number of pyridine rings is 2. The number of hydrogen-bond donors (Lipinski definition) is 1. The lowest BCUT2D eigenvalue weighted by atomic mass is 10.0. The van der Waals surface area contributed by atoms with E-state index in [4.69, 9.17) is 20.2 Å². The molecule has 6 rings (SSSR count). The third kappa shape index (κ3) is 4.47. The van der Waals surface area contributed by atoms with Crippen molar-refractivity contribution in [2.75, 3.05) is 56.3 Å². The highest BCUT2D eigenvalue weighted by Crippen LogP contribution is 2.39. The van der Waals surface area contributed by atoms with E-state index in [2.05, 4.69) is 4.98 Å². The molecule has 3 aliphatic heterocycles. The predicted molar refractivity (Wildman–Crippen MR) is 142 cm³/mol. The monoisotopic (exact) mass is 532 g/mol. The van der Waals surface area contributed by atoms with E-state index in [1.807, 2.05) is 4.90 Å². The highest BCUT2D eigenvalue weighted by Gasteiger charge is 2.35. The first kappa shape index (κ1) is 25.2. The van der Waals surface area contributed by atoms with E-state index in [0.29, 0.717) is 79.2 Å². The van der Waals surface area contributed by atoms with Gasteiger partial charge in [-0.3, -0.25) is 19.5 Å². The molecule has 39 heavy (non-hydrogen) atoms. The summed E-state index contributed by atoms with van der Waals surface area (Å²) in [6.45, 7) is 3.38. The van der Waals surface area contributed by atoms with Crippen molar-refractivity contribution >= 4 is 23.5 Å². The van der Waals surface area contributed by atoms with Gasteiger partial charge in [0.1, 0.15) is 23.2 Å². The minimum Gasteiger partial charge on any atom is -0.496 e. The van der Waals surface area contributed by atoms with E-state index in [9.17, 15) is 14.0 Å². The quantitative estimate of drug-likeness (QED) is 0.533. The van der Waals surface area contributed by atoms with Gasteiger partial charge in [0.05, 0.1) is 43.7 Å². The Kier molecular flexibility index (Phi) is 6.61. The van der Waals surface area contributed by atoms with Gasteiger partial charge < -0.3 is 25.0 Å². The Balaban J connectivity index is 1.38. The number of halogens is 1. The number of morpholine rings is 1. The molecule has 2 N–H and O–H groups in total. The number of anilines is 2. The number of hydrogen-bond acceptors (Lipinski definition) is 8. The maximum Gasteiger partial charge on any atom is 0.260 e. The minimum absolute atomic E-state index is 0.0242. The third-order valence-corrected chi connectivity index (χ3v) is 7.47. The van der Waals surface area contributed by atoms with Gasteiger partial charge in [-0.25, -0.2) is 9.37 Å². The summed E-state index contributed by atoms with van der Waals surface area (Å²) in [6.07, 6.45) is 2.28. The first-order chi connectivity index (χ1) is 19.0. The molecule has 1 atom stereocenters. The number of ether oxygens (including phenoxy) is 2.